The van der Waals surface area contributed by atoms with Gasteiger partial charge in [-0.25, -0.2) is 0 Å². The van der Waals surface area contributed by atoms with E-state index in [9.17, 15) is 9.59 Å². The Labute approximate surface area is 193 Å². The van der Waals surface area contributed by atoms with E-state index < -0.39 is 5.56 Å². The van der Waals surface area contributed by atoms with Crippen molar-refractivity contribution in [1.29, 1.82) is 0 Å². The van der Waals surface area contributed by atoms with Crippen LogP contribution in [-0.4, -0.2) is 35.4 Å². The quantitative estimate of drug-likeness (QED) is 0.395. The van der Waals surface area contributed by atoms with Gasteiger partial charge in [-0.05, 0) is 42.3 Å². The standard InChI is InChI=1S/C24H23N3O5S/c1-4-11-32-17-8-5-15(6-9-17)12-19-22(28)25-24-27(26-19)23(29)21(33-24)13-16-7-10-18(30-2)14-20(16)31-3/h5-10,13-14H,4,11-12H2,1-3H3/b21-13+. The largest absolute Gasteiger partial charge is 0.497 e. The van der Waals surface area contributed by atoms with E-state index in [2.05, 4.69) is 10.1 Å². The Hall–Kier alpha value is -3.72. The molecule has 2 heterocycles. The monoisotopic (exact) mass is 465 g/mol. The van der Waals surface area contributed by atoms with Crippen LogP contribution in [0, 0.1) is 0 Å². The number of rotatable bonds is 8. The summed E-state index contributed by atoms with van der Waals surface area (Å²) >= 11 is 1.10. The first-order valence-electron chi connectivity index (χ1n) is 10.4. The van der Waals surface area contributed by atoms with E-state index in [-0.39, 0.29) is 22.6 Å². The van der Waals surface area contributed by atoms with Crippen LogP contribution in [0.1, 0.15) is 30.2 Å². The van der Waals surface area contributed by atoms with Crippen molar-refractivity contribution in [3.8, 4) is 17.2 Å². The molecule has 0 saturated heterocycles. The Morgan fingerprint density at radius 1 is 1.03 bits per heavy atom. The van der Waals surface area contributed by atoms with Crippen LogP contribution in [-0.2, 0) is 6.42 Å². The van der Waals surface area contributed by atoms with Gasteiger partial charge in [0, 0.05) is 18.1 Å². The zero-order chi connectivity index (χ0) is 23.4. The molecule has 0 fully saturated rings. The number of fused-ring (bicyclic) bond motifs is 1. The van der Waals surface area contributed by atoms with Gasteiger partial charge in [-0.2, -0.15) is 14.6 Å². The molecule has 4 aromatic rings. The summed E-state index contributed by atoms with van der Waals surface area (Å²) in [7, 11) is 3.12. The van der Waals surface area contributed by atoms with Gasteiger partial charge in [-0.1, -0.05) is 30.4 Å². The van der Waals surface area contributed by atoms with Crippen molar-refractivity contribution >= 4 is 22.4 Å². The van der Waals surface area contributed by atoms with Crippen LogP contribution in [0.25, 0.3) is 11.0 Å². The summed E-state index contributed by atoms with van der Waals surface area (Å²) < 4.78 is 17.8. The number of hydrogen-bond donors (Lipinski definition) is 0. The van der Waals surface area contributed by atoms with Crippen molar-refractivity contribution in [3.63, 3.8) is 0 Å². The number of benzene rings is 2. The molecule has 0 saturated carbocycles. The van der Waals surface area contributed by atoms with E-state index in [0.717, 1.165) is 29.1 Å². The highest BCUT2D eigenvalue weighted by atomic mass is 32.1. The topological polar surface area (TPSA) is 92.0 Å². The molecular formula is C24H23N3O5S. The third kappa shape index (κ3) is 4.88. The van der Waals surface area contributed by atoms with Crippen LogP contribution in [0.2, 0.25) is 0 Å². The molecule has 4 rings (SSSR count). The first kappa shape index (κ1) is 22.5. The number of nitrogens with zero attached hydrogens (tertiary/aromatic N) is 3. The average Bonchev–Trinajstić information content (AvgIpc) is 3.13. The van der Waals surface area contributed by atoms with E-state index in [0.29, 0.717) is 28.2 Å². The van der Waals surface area contributed by atoms with Crippen molar-refractivity contribution < 1.29 is 14.2 Å². The fourth-order valence-electron chi connectivity index (χ4n) is 3.25. The number of ether oxygens (including phenoxy) is 3. The summed E-state index contributed by atoms with van der Waals surface area (Å²) in [6.07, 6.45) is 2.89. The Morgan fingerprint density at radius 3 is 2.48 bits per heavy atom. The molecule has 0 unspecified atom stereocenters. The van der Waals surface area contributed by atoms with Gasteiger partial charge in [0.1, 0.15) is 22.9 Å². The highest BCUT2D eigenvalue weighted by molar-refractivity contribution is 7.15. The molecule has 9 heteroatoms. The van der Waals surface area contributed by atoms with Crippen molar-refractivity contribution in [2.24, 2.45) is 0 Å². The number of aromatic nitrogens is 3. The van der Waals surface area contributed by atoms with E-state index in [1.165, 1.54) is 4.52 Å². The molecule has 0 atom stereocenters. The summed E-state index contributed by atoms with van der Waals surface area (Å²) in [5.74, 6) is 1.98. The molecule has 0 aliphatic carbocycles. The van der Waals surface area contributed by atoms with Crippen LogP contribution in [0.4, 0.5) is 0 Å². The van der Waals surface area contributed by atoms with Crippen molar-refractivity contribution in [2.45, 2.75) is 19.8 Å². The molecule has 0 aliphatic heterocycles. The average molecular weight is 466 g/mol. The lowest BCUT2D eigenvalue weighted by Crippen LogP contribution is -2.28. The molecule has 2 aromatic heterocycles. The summed E-state index contributed by atoms with van der Waals surface area (Å²) in [6.45, 7) is 2.69. The molecule has 0 bridgehead atoms. The molecule has 0 radical (unpaired) electrons. The lowest BCUT2D eigenvalue weighted by Gasteiger charge is -2.06. The lowest BCUT2D eigenvalue weighted by molar-refractivity contribution is 0.317. The van der Waals surface area contributed by atoms with Crippen LogP contribution in [0.5, 0.6) is 17.2 Å². The SMILES string of the molecule is CCCOc1ccc(Cc2nn3c(=O)/c(=C\c4ccc(OC)cc4OC)sc3nc2=O)cc1. The molecular weight excluding hydrogens is 442 g/mol. The van der Waals surface area contributed by atoms with Gasteiger partial charge in [0.25, 0.3) is 11.1 Å². The van der Waals surface area contributed by atoms with Gasteiger partial charge < -0.3 is 14.2 Å². The fraction of sp³-hybridized carbons (Fsp3) is 0.250. The minimum atomic E-state index is -0.448. The Bertz CT molecular complexity index is 1440. The Morgan fingerprint density at radius 2 is 1.79 bits per heavy atom. The van der Waals surface area contributed by atoms with Gasteiger partial charge in [0.15, 0.2) is 0 Å². The maximum atomic E-state index is 13.0. The summed E-state index contributed by atoms with van der Waals surface area (Å²) in [5.41, 5.74) is 0.998. The van der Waals surface area contributed by atoms with Crippen LogP contribution >= 0.6 is 11.3 Å². The maximum absolute atomic E-state index is 13.0. The van der Waals surface area contributed by atoms with Gasteiger partial charge in [0.05, 0.1) is 25.4 Å². The fourth-order valence-corrected chi connectivity index (χ4v) is 4.14. The zero-order valence-corrected chi connectivity index (χ0v) is 19.3. The highest BCUT2D eigenvalue weighted by Crippen LogP contribution is 2.25. The molecule has 170 valence electrons. The first-order valence-corrected chi connectivity index (χ1v) is 11.2. The normalized spacial score (nSPS) is 11.7. The van der Waals surface area contributed by atoms with Crippen LogP contribution in [0.15, 0.2) is 52.1 Å². The molecule has 0 N–H and O–H groups in total. The first-order chi connectivity index (χ1) is 16.0. The third-order valence-corrected chi connectivity index (χ3v) is 5.90. The third-order valence-electron chi connectivity index (χ3n) is 4.95. The number of hydrogen-bond acceptors (Lipinski definition) is 8. The van der Waals surface area contributed by atoms with Gasteiger partial charge >= 0.3 is 0 Å². The lowest BCUT2D eigenvalue weighted by atomic mass is 10.1. The summed E-state index contributed by atoms with van der Waals surface area (Å²) in [4.78, 5) is 29.9. The number of methoxy groups -OCH3 is 2. The van der Waals surface area contributed by atoms with Crippen molar-refractivity contribution in [3.05, 3.63) is 84.5 Å². The maximum Gasteiger partial charge on any atom is 0.296 e. The van der Waals surface area contributed by atoms with Crippen LogP contribution in [0.3, 0.4) is 0 Å². The van der Waals surface area contributed by atoms with E-state index in [4.69, 9.17) is 14.2 Å². The predicted molar refractivity (Wildman–Crippen MR) is 127 cm³/mol. The molecule has 33 heavy (non-hydrogen) atoms. The van der Waals surface area contributed by atoms with E-state index in [1.54, 1.807) is 38.5 Å². The van der Waals surface area contributed by atoms with Gasteiger partial charge in [0.2, 0.25) is 4.96 Å². The zero-order valence-electron chi connectivity index (χ0n) is 18.5. The molecule has 8 nitrogen and oxygen atoms in total. The van der Waals surface area contributed by atoms with E-state index >= 15 is 0 Å². The highest BCUT2D eigenvalue weighted by Gasteiger charge is 2.13. The van der Waals surface area contributed by atoms with E-state index in [1.807, 2.05) is 31.2 Å². The second-order valence-electron chi connectivity index (χ2n) is 7.25. The molecule has 2 aromatic carbocycles. The second-order valence-corrected chi connectivity index (χ2v) is 8.26. The van der Waals surface area contributed by atoms with Crippen LogP contribution < -0.4 is 29.9 Å². The second kappa shape index (κ2) is 9.83. The Balaban J connectivity index is 1.69. The molecule has 0 spiro atoms. The predicted octanol–water partition coefficient (Wildman–Crippen LogP) is 2.46. The minimum absolute atomic E-state index is 0.207. The molecule has 0 amide bonds. The van der Waals surface area contributed by atoms with Gasteiger partial charge in [-0.15, -0.1) is 0 Å². The smallest absolute Gasteiger partial charge is 0.296 e. The Kier molecular flexibility index (Phi) is 6.69. The summed E-state index contributed by atoms with van der Waals surface area (Å²) in [5, 5.41) is 4.31. The van der Waals surface area contributed by atoms with Gasteiger partial charge in [-0.3, -0.25) is 9.59 Å². The summed E-state index contributed by atoms with van der Waals surface area (Å²) in [6, 6.07) is 12.8. The van der Waals surface area contributed by atoms with Crippen molar-refractivity contribution in [2.75, 3.05) is 20.8 Å². The molecule has 0 aliphatic rings. The minimum Gasteiger partial charge on any atom is -0.497 e. The van der Waals surface area contributed by atoms with Crippen molar-refractivity contribution in [1.82, 2.24) is 14.6 Å². The number of thiazole rings is 1.